The molecule has 2 N–H and O–H groups in total. The number of hydrogen-bond donors (Lipinski definition) is 2. The van der Waals surface area contributed by atoms with E-state index in [1.54, 1.807) is 24.3 Å². The molecule has 12 heteroatoms. The van der Waals surface area contributed by atoms with Crippen LogP contribution in [-0.2, 0) is 20.2 Å². The van der Waals surface area contributed by atoms with Crippen LogP contribution < -0.4 is 0 Å². The first-order valence-electron chi connectivity index (χ1n) is 8.95. The number of hydrogen-bond acceptors (Lipinski definition) is 8. The van der Waals surface area contributed by atoms with Crippen molar-refractivity contribution in [1.29, 1.82) is 0 Å². The first kappa shape index (κ1) is 20.3. The first-order chi connectivity index (χ1) is 15.1. The van der Waals surface area contributed by atoms with Crippen molar-refractivity contribution in [3.63, 3.8) is 0 Å². The van der Waals surface area contributed by atoms with E-state index in [0.717, 1.165) is 0 Å². The van der Waals surface area contributed by atoms with Gasteiger partial charge in [0.15, 0.2) is 11.2 Å². The third-order valence-electron chi connectivity index (χ3n) is 4.69. The summed E-state index contributed by atoms with van der Waals surface area (Å²) in [6, 6.07) is 14.5. The van der Waals surface area contributed by atoms with Crippen molar-refractivity contribution in [3.05, 3.63) is 60.7 Å². The Hall–Kier alpha value is -3.58. The summed E-state index contributed by atoms with van der Waals surface area (Å²) in [4.78, 5) is 7.96. The molecular formula is C20H12N2O8S2. The smallest absolute Gasteiger partial charge is 0.294 e. The standard InChI is InChI=1S/C20H12N2O8S2/c23-31(24,25)13-5-7-17-15(9-13)21-19(29-17)11-1-2-12(4-3-11)20-22-16-10-14(32(26,27)28)6-8-18(16)30-20/h1-10H,(H,23,24,25)(H,26,27,28). The van der Waals surface area contributed by atoms with Crippen LogP contribution in [0.25, 0.3) is 45.1 Å². The predicted octanol–water partition coefficient (Wildman–Crippen LogP) is 3.80. The first-order valence-corrected chi connectivity index (χ1v) is 11.8. The molecule has 3 aromatic carbocycles. The van der Waals surface area contributed by atoms with Gasteiger partial charge in [0.1, 0.15) is 11.0 Å². The summed E-state index contributed by atoms with van der Waals surface area (Å²) < 4.78 is 74.8. The fourth-order valence-corrected chi connectivity index (χ4v) is 4.14. The van der Waals surface area contributed by atoms with Crippen molar-refractivity contribution in [2.24, 2.45) is 0 Å². The van der Waals surface area contributed by atoms with Crippen molar-refractivity contribution in [3.8, 4) is 22.9 Å². The summed E-state index contributed by atoms with van der Waals surface area (Å²) in [6.07, 6.45) is 0. The van der Waals surface area contributed by atoms with Gasteiger partial charge in [-0.1, -0.05) is 0 Å². The van der Waals surface area contributed by atoms with Crippen LogP contribution in [0.3, 0.4) is 0 Å². The van der Waals surface area contributed by atoms with Crippen molar-refractivity contribution < 1.29 is 34.8 Å². The summed E-state index contributed by atoms with van der Waals surface area (Å²) in [5, 5.41) is 0. The maximum atomic E-state index is 11.3. The molecule has 0 atom stereocenters. The Morgan fingerprint density at radius 3 is 1.31 bits per heavy atom. The van der Waals surface area contributed by atoms with Crippen LogP contribution in [0.15, 0.2) is 79.3 Å². The molecular weight excluding hydrogens is 460 g/mol. The Morgan fingerprint density at radius 2 is 0.969 bits per heavy atom. The van der Waals surface area contributed by atoms with Gasteiger partial charge in [-0.3, -0.25) is 9.11 Å². The molecule has 10 nitrogen and oxygen atoms in total. The van der Waals surface area contributed by atoms with Crippen molar-refractivity contribution in [2.45, 2.75) is 9.79 Å². The highest BCUT2D eigenvalue weighted by Crippen LogP contribution is 2.30. The lowest BCUT2D eigenvalue weighted by molar-refractivity contribution is 0.481. The molecule has 32 heavy (non-hydrogen) atoms. The minimum Gasteiger partial charge on any atom is -0.436 e. The van der Waals surface area contributed by atoms with Crippen LogP contribution in [0.4, 0.5) is 0 Å². The highest BCUT2D eigenvalue weighted by Gasteiger charge is 2.16. The second-order valence-corrected chi connectivity index (χ2v) is 9.67. The Labute approximate surface area is 180 Å². The fraction of sp³-hybridized carbons (Fsp3) is 0. The van der Waals surface area contributed by atoms with Crippen molar-refractivity contribution >= 4 is 42.4 Å². The Kier molecular flexibility index (Phi) is 4.43. The lowest BCUT2D eigenvalue weighted by atomic mass is 10.1. The van der Waals surface area contributed by atoms with E-state index in [-0.39, 0.29) is 32.6 Å². The largest absolute Gasteiger partial charge is 0.436 e. The highest BCUT2D eigenvalue weighted by atomic mass is 32.2. The maximum absolute atomic E-state index is 11.3. The average Bonchev–Trinajstić information content (AvgIpc) is 3.35. The normalized spacial score (nSPS) is 12.6. The molecule has 0 spiro atoms. The molecule has 0 fully saturated rings. The second-order valence-electron chi connectivity index (χ2n) is 6.82. The lowest BCUT2D eigenvalue weighted by Crippen LogP contribution is -1.97. The van der Waals surface area contributed by atoms with E-state index in [0.29, 0.717) is 22.3 Å². The monoisotopic (exact) mass is 472 g/mol. The lowest BCUT2D eigenvalue weighted by Gasteiger charge is -1.97. The number of benzene rings is 3. The van der Waals surface area contributed by atoms with E-state index in [1.807, 2.05) is 0 Å². The van der Waals surface area contributed by atoms with Gasteiger partial charge in [0.05, 0.1) is 9.79 Å². The number of nitrogens with zero attached hydrogens (tertiary/aromatic N) is 2. The quantitative estimate of drug-likeness (QED) is 0.368. The zero-order valence-electron chi connectivity index (χ0n) is 15.8. The average molecular weight is 472 g/mol. The Bertz CT molecular complexity index is 1590. The molecule has 0 unspecified atom stereocenters. The molecule has 0 aliphatic carbocycles. The van der Waals surface area contributed by atoms with Gasteiger partial charge in [-0.05, 0) is 60.7 Å². The number of aromatic nitrogens is 2. The van der Waals surface area contributed by atoms with E-state index in [1.165, 1.54) is 36.4 Å². The van der Waals surface area contributed by atoms with E-state index < -0.39 is 20.2 Å². The minimum absolute atomic E-state index is 0.245. The molecule has 0 aliphatic rings. The van der Waals surface area contributed by atoms with Crippen LogP contribution in [0.1, 0.15) is 0 Å². The van der Waals surface area contributed by atoms with Gasteiger partial charge in [-0.15, -0.1) is 0 Å². The van der Waals surface area contributed by atoms with Crippen LogP contribution in [-0.4, -0.2) is 35.9 Å². The number of rotatable bonds is 4. The molecule has 0 amide bonds. The van der Waals surface area contributed by atoms with Gasteiger partial charge >= 0.3 is 0 Å². The van der Waals surface area contributed by atoms with Gasteiger partial charge in [0.25, 0.3) is 20.2 Å². The molecule has 2 heterocycles. The highest BCUT2D eigenvalue weighted by molar-refractivity contribution is 7.86. The van der Waals surface area contributed by atoms with Gasteiger partial charge in [-0.2, -0.15) is 16.8 Å². The van der Waals surface area contributed by atoms with Crippen LogP contribution in [0, 0.1) is 0 Å². The SMILES string of the molecule is O=S(=O)(O)c1ccc2oc(-c3ccc(-c4nc5cc(S(=O)(=O)O)ccc5o4)cc3)nc2c1. The summed E-state index contributed by atoms with van der Waals surface area (Å²) in [5.74, 6) is 0.490. The number of fused-ring (bicyclic) bond motifs is 2. The molecule has 5 rings (SSSR count). The van der Waals surface area contributed by atoms with E-state index >= 15 is 0 Å². The zero-order chi connectivity index (χ0) is 22.7. The maximum Gasteiger partial charge on any atom is 0.294 e. The van der Waals surface area contributed by atoms with E-state index in [4.69, 9.17) is 8.83 Å². The Balaban J connectivity index is 1.49. The molecule has 162 valence electrons. The van der Waals surface area contributed by atoms with E-state index in [9.17, 15) is 25.9 Å². The van der Waals surface area contributed by atoms with Crippen molar-refractivity contribution in [2.75, 3.05) is 0 Å². The van der Waals surface area contributed by atoms with Gasteiger partial charge in [0.2, 0.25) is 11.8 Å². The van der Waals surface area contributed by atoms with E-state index in [2.05, 4.69) is 9.97 Å². The summed E-state index contributed by atoms with van der Waals surface area (Å²) in [5.41, 5.74) is 2.45. The van der Waals surface area contributed by atoms with Gasteiger partial charge in [0, 0.05) is 11.1 Å². The third-order valence-corrected chi connectivity index (χ3v) is 6.39. The topological polar surface area (TPSA) is 161 Å². The molecule has 0 saturated carbocycles. The molecule has 0 radical (unpaired) electrons. The van der Waals surface area contributed by atoms with Crippen molar-refractivity contribution in [1.82, 2.24) is 9.97 Å². The third kappa shape index (κ3) is 3.65. The summed E-state index contributed by atoms with van der Waals surface area (Å²) >= 11 is 0. The summed E-state index contributed by atoms with van der Waals surface area (Å²) in [6.45, 7) is 0. The fourth-order valence-electron chi connectivity index (χ4n) is 3.14. The van der Waals surface area contributed by atoms with Gasteiger partial charge in [-0.25, -0.2) is 9.97 Å². The minimum atomic E-state index is -4.35. The van der Waals surface area contributed by atoms with Gasteiger partial charge < -0.3 is 8.83 Å². The van der Waals surface area contributed by atoms with Crippen LogP contribution in [0.2, 0.25) is 0 Å². The summed E-state index contributed by atoms with van der Waals surface area (Å²) in [7, 11) is -8.71. The molecule has 0 aliphatic heterocycles. The predicted molar refractivity (Wildman–Crippen MR) is 112 cm³/mol. The Morgan fingerprint density at radius 1 is 0.594 bits per heavy atom. The number of oxazole rings is 2. The molecule has 2 aromatic heterocycles. The van der Waals surface area contributed by atoms with Crippen LogP contribution >= 0.6 is 0 Å². The second kappa shape index (κ2) is 6.97. The molecule has 0 bridgehead atoms. The zero-order valence-corrected chi connectivity index (χ0v) is 17.5. The molecule has 0 saturated heterocycles. The van der Waals surface area contributed by atoms with Crippen LogP contribution in [0.5, 0.6) is 0 Å². The molecule has 5 aromatic rings.